The fraction of sp³-hybridized carbons (Fsp3) is 0.333. The third kappa shape index (κ3) is 3.27. The molecule has 0 spiro atoms. The van der Waals surface area contributed by atoms with Crippen molar-refractivity contribution in [3.8, 4) is 11.6 Å². The molecule has 19 heavy (non-hydrogen) atoms. The van der Waals surface area contributed by atoms with Crippen LogP contribution in [0.2, 0.25) is 0 Å². The highest BCUT2D eigenvalue weighted by atomic mass is 16.6. The molecule has 0 radical (unpaired) electrons. The molecule has 2 rings (SSSR count). The third-order valence-corrected chi connectivity index (χ3v) is 2.14. The van der Waals surface area contributed by atoms with Gasteiger partial charge < -0.3 is 14.5 Å². The number of hydrogen-bond acceptors (Lipinski definition) is 5. The van der Waals surface area contributed by atoms with Gasteiger partial charge in [-0.3, -0.25) is 0 Å². The van der Waals surface area contributed by atoms with Crippen molar-refractivity contribution in [3.63, 3.8) is 0 Å². The summed E-state index contributed by atoms with van der Waals surface area (Å²) in [4.78, 5) is 14.1. The summed E-state index contributed by atoms with van der Waals surface area (Å²) >= 11 is 0. The molecule has 0 aliphatic carbocycles. The van der Waals surface area contributed by atoms with E-state index in [0.717, 1.165) is 0 Å². The first kappa shape index (κ1) is 14.6. The van der Waals surface area contributed by atoms with Crippen LogP contribution in [0.3, 0.4) is 0 Å². The van der Waals surface area contributed by atoms with Crippen LogP contribution in [0.5, 0.6) is 0 Å². The molecule has 7 nitrogen and oxygen atoms in total. The zero-order valence-electron chi connectivity index (χ0n) is 11.3. The summed E-state index contributed by atoms with van der Waals surface area (Å²) in [6, 6.07) is 1.28. The Morgan fingerprint density at radius 2 is 2.16 bits per heavy atom. The van der Waals surface area contributed by atoms with Gasteiger partial charge >= 0.3 is 5.82 Å². The second-order valence-electron chi connectivity index (χ2n) is 3.36. The third-order valence-electron chi connectivity index (χ3n) is 2.14. The molecule has 0 amide bonds. The molecule has 0 fully saturated rings. The molecule has 2 aromatic rings. The van der Waals surface area contributed by atoms with E-state index < -0.39 is 4.92 Å². The topological polar surface area (TPSA) is 97.8 Å². The van der Waals surface area contributed by atoms with Gasteiger partial charge in [-0.25, -0.2) is 4.98 Å². The second kappa shape index (κ2) is 6.48. The number of rotatable bonds is 3. The van der Waals surface area contributed by atoms with E-state index in [9.17, 15) is 10.1 Å². The number of oxazole rings is 1. The molecule has 0 aliphatic rings. The first-order valence-corrected chi connectivity index (χ1v) is 5.92. The van der Waals surface area contributed by atoms with E-state index in [1.165, 1.54) is 6.07 Å². The predicted molar refractivity (Wildman–Crippen MR) is 71.5 cm³/mol. The maximum absolute atomic E-state index is 10.5. The van der Waals surface area contributed by atoms with Gasteiger partial charge in [-0.1, -0.05) is 25.0 Å². The van der Waals surface area contributed by atoms with Crippen LogP contribution in [-0.2, 0) is 0 Å². The minimum atomic E-state index is -0.556. The Kier molecular flexibility index (Phi) is 4.99. The smallest absolute Gasteiger partial charge is 0.343 e. The molecule has 2 heterocycles. The number of aromatic nitrogens is 3. The Morgan fingerprint density at radius 1 is 1.47 bits per heavy atom. The van der Waals surface area contributed by atoms with E-state index in [2.05, 4.69) is 15.2 Å². The minimum Gasteiger partial charge on any atom is -0.439 e. The van der Waals surface area contributed by atoms with Crippen LogP contribution in [0.1, 0.15) is 32.2 Å². The number of H-pyrrole nitrogens is 1. The number of nitrogens with one attached hydrogen (secondary N) is 1. The number of allylic oxidation sites excluding steroid dienone is 1. The van der Waals surface area contributed by atoms with E-state index >= 15 is 0 Å². The maximum atomic E-state index is 10.5. The van der Waals surface area contributed by atoms with Crippen molar-refractivity contribution in [1.29, 1.82) is 0 Å². The molecule has 1 N–H and O–H groups in total. The zero-order chi connectivity index (χ0) is 14.4. The van der Waals surface area contributed by atoms with Crippen LogP contribution in [0.4, 0.5) is 5.82 Å². The Hall–Kier alpha value is -2.44. The van der Waals surface area contributed by atoms with Gasteiger partial charge in [0.2, 0.25) is 5.89 Å². The van der Waals surface area contributed by atoms with Gasteiger partial charge in [0.1, 0.15) is 11.5 Å². The molecule has 7 heteroatoms. The number of nitro groups is 1. The van der Waals surface area contributed by atoms with Crippen molar-refractivity contribution < 1.29 is 9.34 Å². The predicted octanol–water partition coefficient (Wildman–Crippen LogP) is 3.34. The SMILES string of the molecule is C/C=C\c1nc(-c2cc([N+](=O)[O-])[nH]n2)oc1C.CC. The average molecular weight is 264 g/mol. The van der Waals surface area contributed by atoms with Gasteiger partial charge in [-0.15, -0.1) is 5.10 Å². The lowest BCUT2D eigenvalue weighted by Crippen LogP contribution is -1.86. The maximum Gasteiger partial charge on any atom is 0.343 e. The zero-order valence-corrected chi connectivity index (χ0v) is 11.3. The van der Waals surface area contributed by atoms with E-state index in [-0.39, 0.29) is 11.7 Å². The molecule has 0 bridgehead atoms. The van der Waals surface area contributed by atoms with Gasteiger partial charge in [-0.2, -0.15) is 0 Å². The first-order valence-electron chi connectivity index (χ1n) is 5.92. The van der Waals surface area contributed by atoms with Crippen LogP contribution in [-0.4, -0.2) is 20.1 Å². The van der Waals surface area contributed by atoms with Gasteiger partial charge in [0.15, 0.2) is 5.69 Å². The number of aromatic amines is 1. The molecule has 0 saturated carbocycles. The van der Waals surface area contributed by atoms with Crippen LogP contribution in [0, 0.1) is 17.0 Å². The lowest BCUT2D eigenvalue weighted by molar-refractivity contribution is -0.389. The highest BCUT2D eigenvalue weighted by molar-refractivity contribution is 5.55. The van der Waals surface area contributed by atoms with Crippen molar-refractivity contribution in [1.82, 2.24) is 15.2 Å². The lowest BCUT2D eigenvalue weighted by atomic mass is 10.3. The summed E-state index contributed by atoms with van der Waals surface area (Å²) in [5.74, 6) is 0.715. The Balaban J connectivity index is 0.000000861. The molecule has 2 aromatic heterocycles. The van der Waals surface area contributed by atoms with E-state index in [1.807, 2.05) is 26.8 Å². The summed E-state index contributed by atoms with van der Waals surface area (Å²) in [5.41, 5.74) is 1.00. The van der Waals surface area contributed by atoms with Crippen molar-refractivity contribution in [2.75, 3.05) is 0 Å². The van der Waals surface area contributed by atoms with Crippen molar-refractivity contribution in [2.24, 2.45) is 0 Å². The molecule has 102 valence electrons. The normalized spacial score (nSPS) is 10.3. The standard InChI is InChI=1S/C10H10N4O3.C2H6/c1-3-4-7-6(2)17-10(11-7)8-5-9(13-12-8)14(15)16;1-2/h3-5H,1-2H3,(H,12,13);1-2H3/b4-3-;. The minimum absolute atomic E-state index is 0.191. The number of hydrogen-bond donors (Lipinski definition) is 1. The monoisotopic (exact) mass is 264 g/mol. The molecule has 0 atom stereocenters. The Bertz CT molecular complexity index is 584. The van der Waals surface area contributed by atoms with Crippen LogP contribution in [0.15, 0.2) is 16.6 Å². The summed E-state index contributed by atoms with van der Waals surface area (Å²) in [7, 11) is 0. The summed E-state index contributed by atoms with van der Waals surface area (Å²) < 4.78 is 5.38. The summed E-state index contributed by atoms with van der Waals surface area (Å²) in [6.45, 7) is 7.64. The highest BCUT2D eigenvalue weighted by Crippen LogP contribution is 2.23. The largest absolute Gasteiger partial charge is 0.439 e. The van der Waals surface area contributed by atoms with Gasteiger partial charge in [0.05, 0.1) is 6.07 Å². The van der Waals surface area contributed by atoms with Crippen molar-refractivity contribution in [2.45, 2.75) is 27.7 Å². The Labute approximate surface area is 110 Å². The van der Waals surface area contributed by atoms with E-state index in [4.69, 9.17) is 4.42 Å². The molecular formula is C12H16N4O3. The number of aryl methyl sites for hydroxylation is 1. The molecule has 0 saturated heterocycles. The van der Waals surface area contributed by atoms with Crippen LogP contribution >= 0.6 is 0 Å². The quantitative estimate of drug-likeness (QED) is 0.677. The second-order valence-corrected chi connectivity index (χ2v) is 3.36. The lowest BCUT2D eigenvalue weighted by Gasteiger charge is -1.84. The van der Waals surface area contributed by atoms with E-state index in [0.29, 0.717) is 17.1 Å². The molecular weight excluding hydrogens is 248 g/mol. The van der Waals surface area contributed by atoms with Crippen LogP contribution < -0.4 is 0 Å². The van der Waals surface area contributed by atoms with Gasteiger partial charge in [-0.05, 0) is 24.8 Å². The first-order chi connectivity index (χ1) is 9.11. The summed E-state index contributed by atoms with van der Waals surface area (Å²) in [6.07, 6.45) is 3.63. The molecule has 0 unspecified atom stereocenters. The van der Waals surface area contributed by atoms with E-state index in [1.54, 1.807) is 13.0 Å². The fourth-order valence-electron chi connectivity index (χ4n) is 1.34. The molecule has 0 aliphatic heterocycles. The van der Waals surface area contributed by atoms with Gasteiger partial charge in [0, 0.05) is 0 Å². The number of nitrogens with zero attached hydrogens (tertiary/aromatic N) is 3. The van der Waals surface area contributed by atoms with Crippen molar-refractivity contribution >= 4 is 11.9 Å². The summed E-state index contributed by atoms with van der Waals surface area (Å²) in [5, 5.41) is 16.6. The van der Waals surface area contributed by atoms with Gasteiger partial charge in [0.25, 0.3) is 0 Å². The Morgan fingerprint density at radius 3 is 2.68 bits per heavy atom. The fourth-order valence-corrected chi connectivity index (χ4v) is 1.34. The average Bonchev–Trinajstić information content (AvgIpc) is 3.00. The molecule has 0 aromatic carbocycles. The van der Waals surface area contributed by atoms with Crippen molar-refractivity contribution in [3.05, 3.63) is 33.7 Å². The van der Waals surface area contributed by atoms with Crippen LogP contribution in [0.25, 0.3) is 17.7 Å². The highest BCUT2D eigenvalue weighted by Gasteiger charge is 2.17.